The average molecular weight is 324 g/mol. The number of rotatable bonds is 6. The minimum Gasteiger partial charge on any atom is -0.379 e. The van der Waals surface area contributed by atoms with E-state index in [0.29, 0.717) is 25.3 Å². The number of halogens is 2. The van der Waals surface area contributed by atoms with Gasteiger partial charge in [-0.1, -0.05) is 12.1 Å². The first-order chi connectivity index (χ1) is 11.0. The number of hydrogen-bond acceptors (Lipinski definition) is 3. The van der Waals surface area contributed by atoms with Gasteiger partial charge in [0.15, 0.2) is 17.2 Å². The predicted molar refractivity (Wildman–Crippen MR) is 81.6 cm³/mol. The SMILES string of the molecule is O=C1N(Cc2cccc(F)c2F)CCCC1(O)CNCC1CC1. The van der Waals surface area contributed by atoms with Crippen LogP contribution in [0.2, 0.25) is 0 Å². The predicted octanol–water partition coefficient (Wildman–Crippen LogP) is 1.82. The summed E-state index contributed by atoms with van der Waals surface area (Å²) in [6, 6.07) is 3.94. The molecule has 1 atom stereocenters. The minimum absolute atomic E-state index is 0.0205. The van der Waals surface area contributed by atoms with Crippen molar-refractivity contribution in [2.24, 2.45) is 5.92 Å². The van der Waals surface area contributed by atoms with Crippen molar-refractivity contribution in [3.8, 4) is 0 Å². The lowest BCUT2D eigenvalue weighted by Crippen LogP contribution is -2.57. The van der Waals surface area contributed by atoms with Crippen molar-refractivity contribution in [2.75, 3.05) is 19.6 Å². The maximum atomic E-state index is 13.8. The lowest BCUT2D eigenvalue weighted by Gasteiger charge is -2.38. The Morgan fingerprint density at radius 1 is 1.35 bits per heavy atom. The fourth-order valence-corrected chi connectivity index (χ4v) is 3.06. The Balaban J connectivity index is 1.65. The molecule has 1 amide bonds. The smallest absolute Gasteiger partial charge is 0.256 e. The largest absolute Gasteiger partial charge is 0.379 e. The maximum Gasteiger partial charge on any atom is 0.256 e. The molecule has 4 nitrogen and oxygen atoms in total. The quantitative estimate of drug-likeness (QED) is 0.839. The summed E-state index contributed by atoms with van der Waals surface area (Å²) in [6.45, 7) is 1.45. The van der Waals surface area contributed by atoms with Crippen LogP contribution in [-0.2, 0) is 11.3 Å². The number of hydrogen-bond donors (Lipinski definition) is 2. The summed E-state index contributed by atoms with van der Waals surface area (Å²) in [5, 5.41) is 13.8. The van der Waals surface area contributed by atoms with E-state index in [0.717, 1.165) is 12.6 Å². The van der Waals surface area contributed by atoms with E-state index in [9.17, 15) is 18.7 Å². The summed E-state index contributed by atoms with van der Waals surface area (Å²) < 4.78 is 27.1. The molecule has 1 aromatic rings. The van der Waals surface area contributed by atoms with Crippen LogP contribution in [0, 0.1) is 17.6 Å². The van der Waals surface area contributed by atoms with Crippen LogP contribution in [0.4, 0.5) is 8.78 Å². The molecule has 6 heteroatoms. The number of carbonyl (C=O) groups excluding carboxylic acids is 1. The van der Waals surface area contributed by atoms with Crippen molar-refractivity contribution < 1.29 is 18.7 Å². The van der Waals surface area contributed by atoms with Crippen molar-refractivity contribution in [2.45, 2.75) is 37.8 Å². The van der Waals surface area contributed by atoms with Gasteiger partial charge in [0.25, 0.3) is 5.91 Å². The lowest BCUT2D eigenvalue weighted by molar-refractivity contribution is -0.157. The van der Waals surface area contributed by atoms with Gasteiger partial charge in [-0.25, -0.2) is 8.78 Å². The average Bonchev–Trinajstić information content (AvgIpc) is 3.33. The molecule has 2 fully saturated rings. The normalized spacial score (nSPS) is 25.0. The van der Waals surface area contributed by atoms with Crippen LogP contribution >= 0.6 is 0 Å². The van der Waals surface area contributed by atoms with Crippen LogP contribution in [0.5, 0.6) is 0 Å². The fraction of sp³-hybridized carbons (Fsp3) is 0.588. The van der Waals surface area contributed by atoms with Gasteiger partial charge in [-0.05, 0) is 44.2 Å². The number of nitrogens with zero attached hydrogens (tertiary/aromatic N) is 1. The van der Waals surface area contributed by atoms with Gasteiger partial charge in [-0.2, -0.15) is 0 Å². The Morgan fingerprint density at radius 3 is 2.87 bits per heavy atom. The van der Waals surface area contributed by atoms with Crippen LogP contribution in [0.15, 0.2) is 18.2 Å². The second-order valence-corrected chi connectivity index (χ2v) is 6.65. The zero-order valence-corrected chi connectivity index (χ0v) is 13.0. The molecule has 2 N–H and O–H groups in total. The van der Waals surface area contributed by atoms with Crippen molar-refractivity contribution in [3.63, 3.8) is 0 Å². The highest BCUT2D eigenvalue weighted by Gasteiger charge is 2.42. The summed E-state index contributed by atoms with van der Waals surface area (Å²) in [4.78, 5) is 14.0. The highest BCUT2D eigenvalue weighted by atomic mass is 19.2. The Labute approximate surface area is 134 Å². The molecule has 126 valence electrons. The Bertz CT molecular complexity index is 592. The molecular formula is C17H22F2N2O2. The van der Waals surface area contributed by atoms with Crippen LogP contribution in [-0.4, -0.2) is 41.1 Å². The molecule has 0 aromatic heterocycles. The fourth-order valence-electron chi connectivity index (χ4n) is 3.06. The number of amides is 1. The first-order valence-electron chi connectivity index (χ1n) is 8.15. The summed E-state index contributed by atoms with van der Waals surface area (Å²) in [7, 11) is 0. The minimum atomic E-state index is -1.45. The second-order valence-electron chi connectivity index (χ2n) is 6.65. The Kier molecular flexibility index (Phi) is 4.64. The highest BCUT2D eigenvalue weighted by molar-refractivity contribution is 5.86. The van der Waals surface area contributed by atoms with Gasteiger partial charge in [0.2, 0.25) is 0 Å². The molecule has 1 heterocycles. The third-order valence-corrected chi connectivity index (χ3v) is 4.64. The van der Waals surface area contributed by atoms with Crippen molar-refractivity contribution >= 4 is 5.91 Å². The first kappa shape index (κ1) is 16.3. The standard InChI is InChI=1S/C17H22F2N2O2/c18-14-4-1-3-13(15(14)19)10-21-8-2-7-17(23,16(21)22)11-20-9-12-5-6-12/h1,3-4,12,20,23H,2,5-11H2. The molecule has 0 spiro atoms. The zero-order valence-electron chi connectivity index (χ0n) is 13.0. The number of piperidine rings is 1. The highest BCUT2D eigenvalue weighted by Crippen LogP contribution is 2.28. The summed E-state index contributed by atoms with van der Waals surface area (Å²) >= 11 is 0. The van der Waals surface area contributed by atoms with Crippen molar-refractivity contribution in [1.29, 1.82) is 0 Å². The van der Waals surface area contributed by atoms with Crippen LogP contribution < -0.4 is 5.32 Å². The van der Waals surface area contributed by atoms with Gasteiger partial charge in [0.05, 0.1) is 0 Å². The third kappa shape index (κ3) is 3.70. The van der Waals surface area contributed by atoms with E-state index in [2.05, 4.69) is 5.32 Å². The van der Waals surface area contributed by atoms with E-state index >= 15 is 0 Å². The number of nitrogens with one attached hydrogen (secondary N) is 1. The molecular weight excluding hydrogens is 302 g/mol. The van der Waals surface area contributed by atoms with E-state index in [4.69, 9.17) is 0 Å². The Morgan fingerprint density at radius 2 is 2.13 bits per heavy atom. The van der Waals surface area contributed by atoms with Crippen LogP contribution in [0.3, 0.4) is 0 Å². The van der Waals surface area contributed by atoms with Crippen LogP contribution in [0.1, 0.15) is 31.2 Å². The monoisotopic (exact) mass is 324 g/mol. The number of carbonyl (C=O) groups is 1. The van der Waals surface area contributed by atoms with Gasteiger partial charge in [0, 0.05) is 25.2 Å². The molecule has 3 rings (SSSR count). The van der Waals surface area contributed by atoms with Gasteiger partial charge in [-0.3, -0.25) is 4.79 Å². The Hall–Kier alpha value is -1.53. The van der Waals surface area contributed by atoms with Gasteiger partial charge < -0.3 is 15.3 Å². The van der Waals surface area contributed by atoms with E-state index < -0.39 is 23.1 Å². The summed E-state index contributed by atoms with van der Waals surface area (Å²) in [5.74, 6) is -1.60. The number of aliphatic hydroxyl groups is 1. The molecule has 1 saturated heterocycles. The molecule has 0 radical (unpaired) electrons. The number of likely N-dealkylation sites (tertiary alicyclic amines) is 1. The molecule has 23 heavy (non-hydrogen) atoms. The van der Waals surface area contributed by atoms with E-state index in [1.807, 2.05) is 0 Å². The summed E-state index contributed by atoms with van der Waals surface area (Å²) in [5.41, 5.74) is -1.31. The van der Waals surface area contributed by atoms with Gasteiger partial charge in [-0.15, -0.1) is 0 Å². The topological polar surface area (TPSA) is 52.6 Å². The van der Waals surface area contributed by atoms with Crippen molar-refractivity contribution in [1.82, 2.24) is 10.2 Å². The zero-order chi connectivity index (χ0) is 16.4. The van der Waals surface area contributed by atoms with E-state index in [1.54, 1.807) is 0 Å². The van der Waals surface area contributed by atoms with Crippen molar-refractivity contribution in [3.05, 3.63) is 35.4 Å². The molecule has 1 aromatic carbocycles. The molecule has 1 aliphatic heterocycles. The van der Waals surface area contributed by atoms with Gasteiger partial charge >= 0.3 is 0 Å². The maximum absolute atomic E-state index is 13.8. The molecule has 2 aliphatic rings. The molecule has 1 unspecified atom stereocenters. The second kappa shape index (κ2) is 6.53. The summed E-state index contributed by atoms with van der Waals surface area (Å²) in [6.07, 6.45) is 3.44. The third-order valence-electron chi connectivity index (χ3n) is 4.64. The molecule has 1 saturated carbocycles. The number of benzene rings is 1. The molecule has 1 aliphatic carbocycles. The van der Waals surface area contributed by atoms with E-state index in [1.165, 1.54) is 29.9 Å². The molecule has 0 bridgehead atoms. The lowest BCUT2D eigenvalue weighted by atomic mass is 9.91. The van der Waals surface area contributed by atoms with Crippen LogP contribution in [0.25, 0.3) is 0 Å². The van der Waals surface area contributed by atoms with E-state index in [-0.39, 0.29) is 18.7 Å². The first-order valence-corrected chi connectivity index (χ1v) is 8.15. The van der Waals surface area contributed by atoms with Gasteiger partial charge in [0.1, 0.15) is 0 Å².